The first-order valence-corrected chi connectivity index (χ1v) is 7.45. The van der Waals surface area contributed by atoms with E-state index in [0.717, 1.165) is 25.3 Å². The molecule has 1 N–H and O–H groups in total. The number of amides is 1. The van der Waals surface area contributed by atoms with Crippen molar-refractivity contribution in [1.82, 2.24) is 10.2 Å². The van der Waals surface area contributed by atoms with E-state index in [1.165, 1.54) is 18.6 Å². The number of hydrogen-bond acceptors (Lipinski definition) is 3. The third kappa shape index (κ3) is 4.74. The maximum Gasteiger partial charge on any atom is 0.223 e. The van der Waals surface area contributed by atoms with Gasteiger partial charge in [-0.05, 0) is 25.1 Å². The van der Waals surface area contributed by atoms with E-state index in [1.807, 2.05) is 23.7 Å². The van der Waals surface area contributed by atoms with Gasteiger partial charge in [0.25, 0.3) is 0 Å². The summed E-state index contributed by atoms with van der Waals surface area (Å²) >= 11 is 1.90. The van der Waals surface area contributed by atoms with Crippen LogP contribution in [0.2, 0.25) is 0 Å². The molecule has 0 aromatic heterocycles. The average Bonchev–Trinajstić information content (AvgIpc) is 2.81. The van der Waals surface area contributed by atoms with Gasteiger partial charge in [-0.15, -0.1) is 0 Å². The monoisotopic (exact) mass is 244 g/mol. The third-order valence-electron chi connectivity index (χ3n) is 3.08. The van der Waals surface area contributed by atoms with Crippen molar-refractivity contribution in [3.05, 3.63) is 0 Å². The van der Waals surface area contributed by atoms with E-state index in [9.17, 15) is 4.79 Å². The van der Waals surface area contributed by atoms with Gasteiger partial charge in [-0.1, -0.05) is 13.3 Å². The summed E-state index contributed by atoms with van der Waals surface area (Å²) in [6.45, 7) is 4.21. The molecule has 16 heavy (non-hydrogen) atoms. The Bertz CT molecular complexity index is 205. The second-order valence-electron chi connectivity index (χ2n) is 4.37. The minimum Gasteiger partial charge on any atom is -0.341 e. The molecule has 1 aliphatic rings. The van der Waals surface area contributed by atoms with Crippen molar-refractivity contribution in [1.29, 1.82) is 0 Å². The molecular formula is C12H24N2OS. The molecule has 1 saturated heterocycles. The van der Waals surface area contributed by atoms with Crippen molar-refractivity contribution in [2.75, 3.05) is 31.6 Å². The molecule has 1 heterocycles. The Morgan fingerprint density at radius 2 is 2.31 bits per heavy atom. The summed E-state index contributed by atoms with van der Waals surface area (Å²) in [5.41, 5.74) is 0. The van der Waals surface area contributed by atoms with Crippen LogP contribution in [0.25, 0.3) is 0 Å². The van der Waals surface area contributed by atoms with E-state index in [1.54, 1.807) is 0 Å². The Kier molecular flexibility index (Phi) is 6.88. The highest BCUT2D eigenvalue weighted by Gasteiger charge is 2.22. The van der Waals surface area contributed by atoms with Crippen LogP contribution in [0.1, 0.15) is 32.6 Å². The predicted octanol–water partition coefficient (Wildman–Crippen LogP) is 1.73. The summed E-state index contributed by atoms with van der Waals surface area (Å²) < 4.78 is 0. The van der Waals surface area contributed by atoms with E-state index in [4.69, 9.17) is 0 Å². The van der Waals surface area contributed by atoms with E-state index < -0.39 is 0 Å². The lowest BCUT2D eigenvalue weighted by atomic mass is 10.2. The highest BCUT2D eigenvalue weighted by molar-refractivity contribution is 7.99. The normalized spacial score (nSPS) is 20.0. The molecule has 1 fully saturated rings. The van der Waals surface area contributed by atoms with Gasteiger partial charge in [-0.2, -0.15) is 11.8 Å². The van der Waals surface area contributed by atoms with Gasteiger partial charge < -0.3 is 10.2 Å². The van der Waals surface area contributed by atoms with Crippen LogP contribution in [0.4, 0.5) is 0 Å². The summed E-state index contributed by atoms with van der Waals surface area (Å²) in [5.74, 6) is 2.47. The molecule has 1 atom stereocenters. The Balaban J connectivity index is 2.09. The molecule has 0 radical (unpaired) electrons. The molecule has 1 rings (SSSR count). The number of hydrogen-bond donors (Lipinski definition) is 1. The van der Waals surface area contributed by atoms with Gasteiger partial charge >= 0.3 is 0 Å². The van der Waals surface area contributed by atoms with E-state index in [0.29, 0.717) is 18.4 Å². The maximum absolute atomic E-state index is 11.8. The van der Waals surface area contributed by atoms with Crippen LogP contribution < -0.4 is 5.32 Å². The van der Waals surface area contributed by atoms with Crippen LogP contribution in [0.3, 0.4) is 0 Å². The Hall–Kier alpha value is -0.220. The molecule has 0 aliphatic carbocycles. The number of rotatable bonds is 7. The second kappa shape index (κ2) is 7.96. The smallest absolute Gasteiger partial charge is 0.223 e. The predicted molar refractivity (Wildman–Crippen MR) is 70.9 cm³/mol. The van der Waals surface area contributed by atoms with Crippen molar-refractivity contribution in [3.8, 4) is 0 Å². The minimum atomic E-state index is 0.303. The van der Waals surface area contributed by atoms with E-state index in [2.05, 4.69) is 12.2 Å². The summed E-state index contributed by atoms with van der Waals surface area (Å²) in [5, 5.41) is 3.29. The van der Waals surface area contributed by atoms with Crippen LogP contribution in [0.5, 0.6) is 0 Å². The lowest BCUT2D eigenvalue weighted by molar-refractivity contribution is -0.131. The van der Waals surface area contributed by atoms with Crippen molar-refractivity contribution < 1.29 is 4.79 Å². The first-order valence-electron chi connectivity index (χ1n) is 6.29. The number of carbonyl (C=O) groups is 1. The molecule has 3 nitrogen and oxygen atoms in total. The number of nitrogens with one attached hydrogen (secondary N) is 1. The number of nitrogens with zero attached hydrogens (tertiary/aromatic N) is 1. The van der Waals surface area contributed by atoms with E-state index in [-0.39, 0.29) is 0 Å². The number of thioether (sulfide) groups is 1. The zero-order valence-corrected chi connectivity index (χ0v) is 11.3. The van der Waals surface area contributed by atoms with Crippen LogP contribution in [0, 0.1) is 0 Å². The topological polar surface area (TPSA) is 32.3 Å². The molecule has 1 unspecified atom stereocenters. The summed E-state index contributed by atoms with van der Waals surface area (Å²) in [7, 11) is 1.94. The van der Waals surface area contributed by atoms with Gasteiger partial charge in [0.15, 0.2) is 0 Å². The van der Waals surface area contributed by atoms with Crippen molar-refractivity contribution in [3.63, 3.8) is 0 Å². The molecule has 4 heteroatoms. The SMILES string of the molecule is CCCCSCCC(=O)N(C)C1CCNC1. The fourth-order valence-corrected chi connectivity index (χ4v) is 2.87. The molecule has 94 valence electrons. The Labute approximate surface area is 103 Å². The van der Waals surface area contributed by atoms with Gasteiger partial charge in [0.1, 0.15) is 0 Å². The summed E-state index contributed by atoms with van der Waals surface area (Å²) in [4.78, 5) is 13.8. The first kappa shape index (κ1) is 13.8. The number of carbonyl (C=O) groups excluding carboxylic acids is 1. The molecule has 0 bridgehead atoms. The van der Waals surface area contributed by atoms with Gasteiger partial charge in [-0.3, -0.25) is 4.79 Å². The lowest BCUT2D eigenvalue weighted by Gasteiger charge is -2.23. The molecule has 0 aromatic rings. The Morgan fingerprint density at radius 3 is 2.94 bits per heavy atom. The standard InChI is InChI=1S/C12H24N2OS/c1-3-4-8-16-9-6-12(15)14(2)11-5-7-13-10-11/h11,13H,3-10H2,1-2H3. The molecule has 0 saturated carbocycles. The minimum absolute atomic E-state index is 0.303. The summed E-state index contributed by atoms with van der Waals surface area (Å²) in [6.07, 6.45) is 4.31. The second-order valence-corrected chi connectivity index (χ2v) is 5.59. The van der Waals surface area contributed by atoms with Crippen molar-refractivity contribution in [2.45, 2.75) is 38.6 Å². The van der Waals surface area contributed by atoms with Crippen molar-refractivity contribution >= 4 is 17.7 Å². The third-order valence-corrected chi connectivity index (χ3v) is 4.15. The van der Waals surface area contributed by atoms with Crippen LogP contribution in [0.15, 0.2) is 0 Å². The first-order chi connectivity index (χ1) is 7.75. The molecule has 1 amide bonds. The largest absolute Gasteiger partial charge is 0.341 e. The highest BCUT2D eigenvalue weighted by atomic mass is 32.2. The number of likely N-dealkylation sites (N-methyl/N-ethyl adjacent to an activating group) is 1. The highest BCUT2D eigenvalue weighted by Crippen LogP contribution is 2.11. The lowest BCUT2D eigenvalue weighted by Crippen LogP contribution is -2.38. The quantitative estimate of drug-likeness (QED) is 0.692. The fraction of sp³-hybridized carbons (Fsp3) is 0.917. The van der Waals surface area contributed by atoms with E-state index >= 15 is 0 Å². The maximum atomic E-state index is 11.8. The average molecular weight is 244 g/mol. The van der Waals surface area contributed by atoms with Crippen LogP contribution >= 0.6 is 11.8 Å². The van der Waals surface area contributed by atoms with Gasteiger partial charge in [-0.25, -0.2) is 0 Å². The molecule has 0 aromatic carbocycles. The summed E-state index contributed by atoms with van der Waals surface area (Å²) in [6, 6.07) is 0.424. The van der Waals surface area contributed by atoms with Gasteiger partial charge in [0.2, 0.25) is 5.91 Å². The van der Waals surface area contributed by atoms with Crippen LogP contribution in [-0.2, 0) is 4.79 Å². The molecular weight excluding hydrogens is 220 g/mol. The molecule has 1 aliphatic heterocycles. The number of unbranched alkanes of at least 4 members (excludes halogenated alkanes) is 1. The fourth-order valence-electron chi connectivity index (χ4n) is 1.86. The zero-order chi connectivity index (χ0) is 11.8. The van der Waals surface area contributed by atoms with Gasteiger partial charge in [0, 0.05) is 31.8 Å². The zero-order valence-electron chi connectivity index (χ0n) is 10.5. The Morgan fingerprint density at radius 1 is 1.50 bits per heavy atom. The van der Waals surface area contributed by atoms with Crippen molar-refractivity contribution in [2.24, 2.45) is 0 Å². The van der Waals surface area contributed by atoms with Gasteiger partial charge in [0.05, 0.1) is 0 Å². The van der Waals surface area contributed by atoms with Crippen LogP contribution in [-0.4, -0.2) is 48.5 Å². The molecule has 0 spiro atoms.